The quantitative estimate of drug-likeness (QED) is 0.872. The standard InChI is InChI=1S/C22H27N3O/c26-22(19-9-7-17(8-10-19)20-5-3-12-23-16-20)24-13-15-25-14-11-18-4-1-2-6-21(18)25/h1-2,4,6-10,20,23H,3,5,11-16H2,(H,24,26)/t20-/m0/s1. The summed E-state index contributed by atoms with van der Waals surface area (Å²) in [4.78, 5) is 14.8. The van der Waals surface area contributed by atoms with Gasteiger partial charge in [0.15, 0.2) is 0 Å². The average molecular weight is 349 g/mol. The first kappa shape index (κ1) is 17.1. The normalized spacial score (nSPS) is 19.2. The molecule has 0 aromatic heterocycles. The summed E-state index contributed by atoms with van der Waals surface area (Å²) in [7, 11) is 0. The zero-order chi connectivity index (χ0) is 17.8. The maximum atomic E-state index is 12.4. The lowest BCUT2D eigenvalue weighted by Gasteiger charge is -2.23. The molecule has 1 fully saturated rings. The molecule has 2 aromatic carbocycles. The van der Waals surface area contributed by atoms with Gasteiger partial charge in [-0.1, -0.05) is 30.3 Å². The van der Waals surface area contributed by atoms with Gasteiger partial charge in [0.05, 0.1) is 0 Å². The van der Waals surface area contributed by atoms with Crippen molar-refractivity contribution >= 4 is 11.6 Å². The van der Waals surface area contributed by atoms with Crippen LogP contribution in [0.2, 0.25) is 0 Å². The second-order valence-corrected chi connectivity index (χ2v) is 7.29. The van der Waals surface area contributed by atoms with Crippen molar-refractivity contribution in [2.75, 3.05) is 37.6 Å². The van der Waals surface area contributed by atoms with Crippen molar-refractivity contribution in [1.29, 1.82) is 0 Å². The maximum absolute atomic E-state index is 12.4. The van der Waals surface area contributed by atoms with Crippen molar-refractivity contribution < 1.29 is 4.79 Å². The molecule has 4 rings (SSSR count). The van der Waals surface area contributed by atoms with Gasteiger partial charge in [-0.05, 0) is 61.1 Å². The smallest absolute Gasteiger partial charge is 0.251 e. The predicted octanol–water partition coefficient (Wildman–Crippen LogP) is 2.95. The summed E-state index contributed by atoms with van der Waals surface area (Å²) in [6, 6.07) is 16.7. The second-order valence-electron chi connectivity index (χ2n) is 7.29. The zero-order valence-electron chi connectivity index (χ0n) is 15.2. The summed E-state index contributed by atoms with van der Waals surface area (Å²) in [6.45, 7) is 4.73. The number of nitrogens with zero attached hydrogens (tertiary/aromatic N) is 1. The van der Waals surface area contributed by atoms with Gasteiger partial charge < -0.3 is 15.5 Å². The van der Waals surface area contributed by atoms with Gasteiger partial charge in [0.25, 0.3) is 5.91 Å². The van der Waals surface area contributed by atoms with E-state index in [1.165, 1.54) is 29.7 Å². The van der Waals surface area contributed by atoms with Crippen molar-refractivity contribution in [3.8, 4) is 0 Å². The molecule has 0 radical (unpaired) electrons. The van der Waals surface area contributed by atoms with Crippen LogP contribution in [-0.4, -0.2) is 38.6 Å². The summed E-state index contributed by atoms with van der Waals surface area (Å²) in [5.74, 6) is 0.599. The highest BCUT2D eigenvalue weighted by molar-refractivity contribution is 5.94. The highest BCUT2D eigenvalue weighted by Gasteiger charge is 2.18. The van der Waals surface area contributed by atoms with Crippen LogP contribution in [0.5, 0.6) is 0 Å². The van der Waals surface area contributed by atoms with Gasteiger partial charge >= 0.3 is 0 Å². The van der Waals surface area contributed by atoms with Crippen LogP contribution in [0.1, 0.15) is 40.2 Å². The predicted molar refractivity (Wildman–Crippen MR) is 106 cm³/mol. The highest BCUT2D eigenvalue weighted by Crippen LogP contribution is 2.26. The van der Waals surface area contributed by atoms with Crippen LogP contribution in [0, 0.1) is 0 Å². The van der Waals surface area contributed by atoms with Crippen molar-refractivity contribution in [3.05, 3.63) is 65.2 Å². The Balaban J connectivity index is 1.28. The van der Waals surface area contributed by atoms with Gasteiger partial charge in [-0.15, -0.1) is 0 Å². The minimum atomic E-state index is 0.0193. The third kappa shape index (κ3) is 3.75. The number of piperidine rings is 1. The Morgan fingerprint density at radius 1 is 1.15 bits per heavy atom. The minimum absolute atomic E-state index is 0.0193. The topological polar surface area (TPSA) is 44.4 Å². The number of carbonyl (C=O) groups excluding carboxylic acids is 1. The van der Waals surface area contributed by atoms with Crippen molar-refractivity contribution in [3.63, 3.8) is 0 Å². The highest BCUT2D eigenvalue weighted by atomic mass is 16.1. The van der Waals surface area contributed by atoms with E-state index >= 15 is 0 Å². The lowest BCUT2D eigenvalue weighted by Crippen LogP contribution is -2.34. The molecule has 0 saturated carbocycles. The molecule has 0 unspecified atom stereocenters. The van der Waals surface area contributed by atoms with Gasteiger partial charge in [-0.2, -0.15) is 0 Å². The van der Waals surface area contributed by atoms with Gasteiger partial charge in [0.2, 0.25) is 0 Å². The molecule has 4 nitrogen and oxygen atoms in total. The third-order valence-corrected chi connectivity index (χ3v) is 5.59. The summed E-state index contributed by atoms with van der Waals surface area (Å²) in [5, 5.41) is 6.51. The molecular weight excluding hydrogens is 322 g/mol. The maximum Gasteiger partial charge on any atom is 0.251 e. The number of carbonyl (C=O) groups is 1. The molecule has 1 atom stereocenters. The Bertz CT molecular complexity index is 750. The number of amides is 1. The molecule has 2 heterocycles. The Morgan fingerprint density at radius 2 is 2.00 bits per heavy atom. The zero-order valence-corrected chi connectivity index (χ0v) is 15.2. The second kappa shape index (κ2) is 7.92. The lowest BCUT2D eigenvalue weighted by atomic mass is 9.91. The molecule has 2 N–H and O–H groups in total. The summed E-state index contributed by atoms with van der Waals surface area (Å²) in [5.41, 5.74) is 4.81. The fraction of sp³-hybridized carbons (Fsp3) is 0.409. The molecule has 0 spiro atoms. The lowest BCUT2D eigenvalue weighted by molar-refractivity contribution is 0.0954. The third-order valence-electron chi connectivity index (χ3n) is 5.59. The first-order valence-electron chi connectivity index (χ1n) is 9.73. The van der Waals surface area contributed by atoms with Crippen molar-refractivity contribution in [2.45, 2.75) is 25.2 Å². The van der Waals surface area contributed by atoms with E-state index in [0.29, 0.717) is 12.5 Å². The van der Waals surface area contributed by atoms with E-state index in [9.17, 15) is 4.79 Å². The summed E-state index contributed by atoms with van der Waals surface area (Å²) >= 11 is 0. The first-order valence-corrected chi connectivity index (χ1v) is 9.73. The van der Waals surface area contributed by atoms with Crippen LogP contribution in [0.25, 0.3) is 0 Å². The van der Waals surface area contributed by atoms with E-state index < -0.39 is 0 Å². The van der Waals surface area contributed by atoms with Crippen LogP contribution >= 0.6 is 0 Å². The number of hydrogen-bond donors (Lipinski definition) is 2. The number of benzene rings is 2. The molecule has 26 heavy (non-hydrogen) atoms. The summed E-state index contributed by atoms with van der Waals surface area (Å²) < 4.78 is 0. The molecule has 136 valence electrons. The number of para-hydroxylation sites is 1. The van der Waals surface area contributed by atoms with E-state index in [2.05, 4.69) is 51.9 Å². The number of anilines is 1. The van der Waals surface area contributed by atoms with Crippen LogP contribution in [0.15, 0.2) is 48.5 Å². The van der Waals surface area contributed by atoms with Crippen molar-refractivity contribution in [1.82, 2.24) is 10.6 Å². The SMILES string of the molecule is O=C(NCCN1CCc2ccccc21)c1ccc([C@H]2CCCNC2)cc1. The average Bonchev–Trinajstić information content (AvgIpc) is 3.12. The van der Waals surface area contributed by atoms with E-state index in [4.69, 9.17) is 0 Å². The van der Waals surface area contributed by atoms with E-state index in [0.717, 1.165) is 38.2 Å². The minimum Gasteiger partial charge on any atom is -0.369 e. The van der Waals surface area contributed by atoms with E-state index in [1.54, 1.807) is 0 Å². The molecule has 1 saturated heterocycles. The monoisotopic (exact) mass is 349 g/mol. The van der Waals surface area contributed by atoms with Crippen LogP contribution in [0.4, 0.5) is 5.69 Å². The molecule has 4 heteroatoms. The van der Waals surface area contributed by atoms with Gasteiger partial charge in [0.1, 0.15) is 0 Å². The Morgan fingerprint density at radius 3 is 2.81 bits per heavy atom. The fourth-order valence-electron chi connectivity index (χ4n) is 4.09. The molecule has 2 aliphatic heterocycles. The molecular formula is C22H27N3O. The summed E-state index contributed by atoms with van der Waals surface area (Å²) in [6.07, 6.45) is 3.56. The van der Waals surface area contributed by atoms with Crippen LogP contribution in [-0.2, 0) is 6.42 Å². The number of fused-ring (bicyclic) bond motifs is 1. The Kier molecular flexibility index (Phi) is 5.21. The molecule has 2 aliphatic rings. The number of rotatable bonds is 5. The molecule has 1 amide bonds. The fourth-order valence-corrected chi connectivity index (χ4v) is 4.09. The number of nitrogens with one attached hydrogen (secondary N) is 2. The Labute approximate surface area is 155 Å². The number of hydrogen-bond acceptors (Lipinski definition) is 3. The van der Waals surface area contributed by atoms with Crippen molar-refractivity contribution in [2.24, 2.45) is 0 Å². The van der Waals surface area contributed by atoms with Crippen LogP contribution in [0.3, 0.4) is 0 Å². The molecule has 0 bridgehead atoms. The van der Waals surface area contributed by atoms with E-state index in [1.807, 2.05) is 12.1 Å². The first-order chi connectivity index (χ1) is 12.8. The molecule has 2 aromatic rings. The van der Waals surface area contributed by atoms with E-state index in [-0.39, 0.29) is 5.91 Å². The van der Waals surface area contributed by atoms with Crippen LogP contribution < -0.4 is 15.5 Å². The van der Waals surface area contributed by atoms with Gasteiger partial charge in [-0.3, -0.25) is 4.79 Å². The molecule has 0 aliphatic carbocycles. The van der Waals surface area contributed by atoms with Gasteiger partial charge in [0, 0.05) is 37.4 Å². The Hall–Kier alpha value is -2.33. The van der Waals surface area contributed by atoms with Gasteiger partial charge in [-0.25, -0.2) is 0 Å². The largest absolute Gasteiger partial charge is 0.369 e.